The highest BCUT2D eigenvalue weighted by Gasteiger charge is 2.13. The second kappa shape index (κ2) is 2.94. The van der Waals surface area contributed by atoms with Crippen LogP contribution in [-0.4, -0.2) is 38.0 Å². The van der Waals surface area contributed by atoms with E-state index in [0.717, 1.165) is 17.0 Å². The lowest BCUT2D eigenvalue weighted by Crippen LogP contribution is -2.12. The second-order valence-corrected chi connectivity index (χ2v) is 3.95. The van der Waals surface area contributed by atoms with E-state index < -0.39 is 0 Å². The fraction of sp³-hybridized carbons (Fsp3) is 0.300. The molecule has 0 spiro atoms. The van der Waals surface area contributed by atoms with Crippen molar-refractivity contribution in [1.82, 2.24) is 23.9 Å². The van der Waals surface area contributed by atoms with Crippen LogP contribution in [0.15, 0.2) is 18.7 Å². The minimum absolute atomic E-state index is 0.694. The van der Waals surface area contributed by atoms with Crippen LogP contribution >= 0.6 is 0 Å². The summed E-state index contributed by atoms with van der Waals surface area (Å²) in [5.41, 5.74) is 1.89. The summed E-state index contributed by atoms with van der Waals surface area (Å²) in [5, 5.41) is 0. The van der Waals surface area contributed by atoms with Crippen molar-refractivity contribution in [3.8, 4) is 0 Å². The number of nitrogens with zero attached hydrogens (tertiary/aromatic N) is 6. The van der Waals surface area contributed by atoms with E-state index in [1.165, 1.54) is 0 Å². The average molecular weight is 216 g/mol. The Morgan fingerprint density at radius 2 is 2.06 bits per heavy atom. The molecule has 3 aromatic heterocycles. The van der Waals surface area contributed by atoms with Crippen molar-refractivity contribution in [2.45, 2.75) is 0 Å². The molecule has 3 rings (SSSR count). The minimum atomic E-state index is 0.694. The van der Waals surface area contributed by atoms with Gasteiger partial charge in [-0.3, -0.25) is 4.40 Å². The standard InChI is InChI=1S/C10H12N6/c1-14(2)8-7-9(15(3)6-12-7)16-5-4-11-10(16)13-8/h4-6H,1-3H3. The van der Waals surface area contributed by atoms with Crippen molar-refractivity contribution in [1.29, 1.82) is 0 Å². The SMILES string of the molecule is CN(C)c1nc2nccn2c2c1ncn2C. The Bertz CT molecular complexity index is 662. The third-order valence-corrected chi connectivity index (χ3v) is 2.60. The zero-order valence-electron chi connectivity index (χ0n) is 9.42. The molecule has 0 saturated carbocycles. The van der Waals surface area contributed by atoms with Crippen LogP contribution in [0.25, 0.3) is 16.9 Å². The first-order valence-corrected chi connectivity index (χ1v) is 5.00. The predicted molar refractivity (Wildman–Crippen MR) is 61.6 cm³/mol. The van der Waals surface area contributed by atoms with Gasteiger partial charge in [-0.25, -0.2) is 9.97 Å². The summed E-state index contributed by atoms with van der Waals surface area (Å²) >= 11 is 0. The highest BCUT2D eigenvalue weighted by atomic mass is 15.2. The van der Waals surface area contributed by atoms with Gasteiger partial charge in [0, 0.05) is 33.5 Å². The zero-order chi connectivity index (χ0) is 11.3. The van der Waals surface area contributed by atoms with E-state index in [4.69, 9.17) is 0 Å². The molecule has 0 fully saturated rings. The summed E-state index contributed by atoms with van der Waals surface area (Å²) in [6.45, 7) is 0. The van der Waals surface area contributed by atoms with Gasteiger partial charge in [0.2, 0.25) is 5.78 Å². The fourth-order valence-corrected chi connectivity index (χ4v) is 1.87. The maximum Gasteiger partial charge on any atom is 0.237 e. The van der Waals surface area contributed by atoms with Gasteiger partial charge in [0.25, 0.3) is 0 Å². The first-order chi connectivity index (χ1) is 7.68. The van der Waals surface area contributed by atoms with Gasteiger partial charge >= 0.3 is 0 Å². The lowest BCUT2D eigenvalue weighted by molar-refractivity contribution is 0.915. The van der Waals surface area contributed by atoms with E-state index in [9.17, 15) is 0 Å². The van der Waals surface area contributed by atoms with Crippen LogP contribution < -0.4 is 4.90 Å². The molecule has 3 aromatic rings. The van der Waals surface area contributed by atoms with Crippen molar-refractivity contribution < 1.29 is 0 Å². The third-order valence-electron chi connectivity index (χ3n) is 2.60. The molecule has 3 heterocycles. The van der Waals surface area contributed by atoms with Crippen molar-refractivity contribution in [3.63, 3.8) is 0 Å². The Hall–Kier alpha value is -2.11. The van der Waals surface area contributed by atoms with Crippen molar-refractivity contribution in [3.05, 3.63) is 18.7 Å². The molecule has 0 atom stereocenters. The van der Waals surface area contributed by atoms with Gasteiger partial charge in [-0.2, -0.15) is 4.98 Å². The molecule has 0 bridgehead atoms. The molecule has 6 nitrogen and oxygen atoms in total. The molecule has 82 valence electrons. The molecular formula is C10H12N6. The largest absolute Gasteiger partial charge is 0.361 e. The topological polar surface area (TPSA) is 51.3 Å². The summed E-state index contributed by atoms with van der Waals surface area (Å²) in [7, 11) is 5.88. The van der Waals surface area contributed by atoms with Crippen LogP contribution in [0.2, 0.25) is 0 Å². The smallest absolute Gasteiger partial charge is 0.237 e. The van der Waals surface area contributed by atoms with Crippen molar-refractivity contribution >= 4 is 22.8 Å². The van der Waals surface area contributed by atoms with E-state index in [1.54, 1.807) is 12.5 Å². The second-order valence-electron chi connectivity index (χ2n) is 3.95. The lowest BCUT2D eigenvalue weighted by atomic mass is 10.4. The molecule has 0 aliphatic rings. The number of rotatable bonds is 1. The molecule has 6 heteroatoms. The van der Waals surface area contributed by atoms with Crippen LogP contribution in [0.1, 0.15) is 0 Å². The Balaban J connectivity index is 2.57. The number of anilines is 1. The van der Waals surface area contributed by atoms with Gasteiger partial charge in [-0.1, -0.05) is 0 Å². The van der Waals surface area contributed by atoms with Gasteiger partial charge in [0.15, 0.2) is 11.5 Å². The van der Waals surface area contributed by atoms with Crippen molar-refractivity contribution in [2.75, 3.05) is 19.0 Å². The molecule has 0 radical (unpaired) electrons. The van der Waals surface area contributed by atoms with Gasteiger partial charge in [0.05, 0.1) is 6.33 Å². The normalized spacial score (nSPS) is 11.4. The average Bonchev–Trinajstić information content (AvgIpc) is 2.82. The number of imidazole rings is 2. The molecule has 0 amide bonds. The summed E-state index contributed by atoms with van der Waals surface area (Å²) < 4.78 is 3.91. The Kier molecular flexibility index (Phi) is 1.68. The maximum atomic E-state index is 4.48. The minimum Gasteiger partial charge on any atom is -0.361 e. The number of fused-ring (bicyclic) bond motifs is 3. The Labute approximate surface area is 92.2 Å². The van der Waals surface area contributed by atoms with Gasteiger partial charge in [-0.15, -0.1) is 0 Å². The van der Waals surface area contributed by atoms with Crippen LogP contribution in [0.5, 0.6) is 0 Å². The lowest BCUT2D eigenvalue weighted by Gasteiger charge is -2.12. The van der Waals surface area contributed by atoms with E-state index in [-0.39, 0.29) is 0 Å². The van der Waals surface area contributed by atoms with E-state index in [0.29, 0.717) is 5.78 Å². The quantitative estimate of drug-likeness (QED) is 0.600. The van der Waals surface area contributed by atoms with Crippen LogP contribution in [0, 0.1) is 0 Å². The molecule has 16 heavy (non-hydrogen) atoms. The van der Waals surface area contributed by atoms with Crippen LogP contribution in [0.3, 0.4) is 0 Å². The monoisotopic (exact) mass is 216 g/mol. The highest BCUT2D eigenvalue weighted by Crippen LogP contribution is 2.22. The van der Waals surface area contributed by atoms with Gasteiger partial charge in [0.1, 0.15) is 5.52 Å². The van der Waals surface area contributed by atoms with E-state index in [2.05, 4.69) is 15.0 Å². The first kappa shape index (κ1) is 9.14. The van der Waals surface area contributed by atoms with Crippen LogP contribution in [0.4, 0.5) is 5.82 Å². The molecule has 0 aliphatic carbocycles. The molecule has 0 N–H and O–H groups in total. The van der Waals surface area contributed by atoms with Crippen LogP contribution in [-0.2, 0) is 7.05 Å². The molecule has 0 aliphatic heterocycles. The zero-order valence-corrected chi connectivity index (χ0v) is 9.42. The number of hydrogen-bond donors (Lipinski definition) is 0. The third kappa shape index (κ3) is 1.04. The molecular weight excluding hydrogens is 204 g/mol. The number of hydrogen-bond acceptors (Lipinski definition) is 4. The number of aromatic nitrogens is 5. The fourth-order valence-electron chi connectivity index (χ4n) is 1.87. The summed E-state index contributed by atoms with van der Waals surface area (Å²) in [6.07, 6.45) is 5.43. The number of aryl methyl sites for hydroxylation is 1. The van der Waals surface area contributed by atoms with E-state index in [1.807, 2.05) is 41.2 Å². The van der Waals surface area contributed by atoms with E-state index >= 15 is 0 Å². The molecule has 0 unspecified atom stereocenters. The highest BCUT2D eigenvalue weighted by molar-refractivity contribution is 5.85. The van der Waals surface area contributed by atoms with Gasteiger partial charge in [-0.05, 0) is 0 Å². The predicted octanol–water partition coefficient (Wildman–Crippen LogP) is 0.682. The molecule has 0 saturated heterocycles. The summed E-state index contributed by atoms with van der Waals surface area (Å²) in [4.78, 5) is 15.0. The maximum absolute atomic E-state index is 4.48. The summed E-state index contributed by atoms with van der Waals surface area (Å²) in [5.74, 6) is 1.54. The first-order valence-electron chi connectivity index (χ1n) is 5.00. The van der Waals surface area contributed by atoms with Crippen molar-refractivity contribution in [2.24, 2.45) is 7.05 Å². The molecule has 0 aromatic carbocycles. The Morgan fingerprint density at radius 3 is 2.81 bits per heavy atom. The Morgan fingerprint density at radius 1 is 1.25 bits per heavy atom. The van der Waals surface area contributed by atoms with Gasteiger partial charge < -0.3 is 9.47 Å². The summed E-state index contributed by atoms with van der Waals surface area (Å²) in [6, 6.07) is 0.